The van der Waals surface area contributed by atoms with Crippen molar-refractivity contribution in [1.29, 1.82) is 0 Å². The molecular weight excluding hydrogens is 418 g/mol. The third-order valence-electron chi connectivity index (χ3n) is 4.30. The third kappa shape index (κ3) is 5.83. The molecule has 0 aliphatic rings. The number of hydrazone groups is 1. The van der Waals surface area contributed by atoms with Crippen LogP contribution in [0.5, 0.6) is 11.5 Å². The van der Waals surface area contributed by atoms with E-state index in [4.69, 9.17) is 21.1 Å². The van der Waals surface area contributed by atoms with E-state index in [1.165, 1.54) is 6.21 Å². The number of rotatable bonds is 7. The van der Waals surface area contributed by atoms with Gasteiger partial charge in [-0.25, -0.2) is 5.43 Å². The molecule has 0 bridgehead atoms. The smallest absolute Gasteiger partial charge is 0.271 e. The van der Waals surface area contributed by atoms with Gasteiger partial charge in [0.1, 0.15) is 0 Å². The first-order chi connectivity index (χ1) is 15.0. The summed E-state index contributed by atoms with van der Waals surface area (Å²) < 4.78 is 10.4. The Morgan fingerprint density at radius 1 is 0.839 bits per heavy atom. The van der Waals surface area contributed by atoms with Gasteiger partial charge < -0.3 is 14.8 Å². The molecule has 0 saturated heterocycles. The predicted octanol–water partition coefficient (Wildman–Crippen LogP) is 4.37. The molecule has 0 atom stereocenters. The summed E-state index contributed by atoms with van der Waals surface area (Å²) in [5, 5.41) is 7.28. The number of ether oxygens (including phenoxy) is 2. The van der Waals surface area contributed by atoms with Gasteiger partial charge in [0, 0.05) is 21.8 Å². The van der Waals surface area contributed by atoms with Crippen molar-refractivity contribution in [1.82, 2.24) is 5.43 Å². The summed E-state index contributed by atoms with van der Waals surface area (Å²) in [6, 6.07) is 18.3. The van der Waals surface area contributed by atoms with Crippen LogP contribution in [0.25, 0.3) is 0 Å². The number of anilines is 1. The van der Waals surface area contributed by atoms with E-state index in [9.17, 15) is 9.59 Å². The number of nitrogens with zero attached hydrogens (tertiary/aromatic N) is 1. The van der Waals surface area contributed by atoms with Gasteiger partial charge in [-0.05, 0) is 72.3 Å². The molecule has 31 heavy (non-hydrogen) atoms. The lowest BCUT2D eigenvalue weighted by atomic mass is 10.1. The van der Waals surface area contributed by atoms with Crippen LogP contribution in [0.1, 0.15) is 26.3 Å². The Hall–Kier alpha value is -3.84. The number of hydrogen-bond acceptors (Lipinski definition) is 5. The SMILES string of the molecule is COc1ccc(C=NNC(=O)c2ccc(NC(=O)c3ccc(Cl)cc3)cc2)cc1OC. The molecule has 8 heteroatoms. The van der Waals surface area contributed by atoms with Crippen LogP contribution in [-0.4, -0.2) is 32.2 Å². The number of benzene rings is 3. The first kappa shape index (κ1) is 21.9. The van der Waals surface area contributed by atoms with Crippen LogP contribution in [0.15, 0.2) is 71.8 Å². The van der Waals surface area contributed by atoms with Crippen LogP contribution >= 0.6 is 11.6 Å². The van der Waals surface area contributed by atoms with Crippen LogP contribution in [0.4, 0.5) is 5.69 Å². The van der Waals surface area contributed by atoms with E-state index in [1.807, 2.05) is 0 Å². The number of nitrogens with one attached hydrogen (secondary N) is 2. The summed E-state index contributed by atoms with van der Waals surface area (Å²) in [5.74, 6) is 0.515. The monoisotopic (exact) mass is 437 g/mol. The van der Waals surface area contributed by atoms with E-state index in [0.29, 0.717) is 33.3 Å². The maximum Gasteiger partial charge on any atom is 0.271 e. The summed E-state index contributed by atoms with van der Waals surface area (Å²) in [4.78, 5) is 24.5. The fourth-order valence-corrected chi connectivity index (χ4v) is 2.80. The minimum atomic E-state index is -0.382. The first-order valence-corrected chi connectivity index (χ1v) is 9.60. The minimum Gasteiger partial charge on any atom is -0.493 e. The minimum absolute atomic E-state index is 0.270. The molecule has 7 nitrogen and oxygen atoms in total. The molecule has 2 amide bonds. The molecule has 0 aliphatic carbocycles. The van der Waals surface area contributed by atoms with Gasteiger partial charge in [0.15, 0.2) is 11.5 Å². The second kappa shape index (κ2) is 10.3. The van der Waals surface area contributed by atoms with Crippen LogP contribution in [0.2, 0.25) is 5.02 Å². The van der Waals surface area contributed by atoms with Crippen molar-refractivity contribution in [2.45, 2.75) is 0 Å². The summed E-state index contributed by atoms with van der Waals surface area (Å²) in [5.41, 5.74) is 4.64. The number of methoxy groups -OCH3 is 2. The second-order valence-electron chi connectivity index (χ2n) is 6.35. The number of carbonyl (C=O) groups excluding carboxylic acids is 2. The maximum absolute atomic E-state index is 12.3. The first-order valence-electron chi connectivity index (χ1n) is 9.22. The van der Waals surface area contributed by atoms with Crippen molar-refractivity contribution in [2.24, 2.45) is 5.10 Å². The van der Waals surface area contributed by atoms with Crippen molar-refractivity contribution in [3.63, 3.8) is 0 Å². The number of amides is 2. The van der Waals surface area contributed by atoms with Crippen molar-refractivity contribution >= 4 is 35.3 Å². The number of carbonyl (C=O) groups is 2. The quantitative estimate of drug-likeness (QED) is 0.424. The van der Waals surface area contributed by atoms with Crippen molar-refractivity contribution in [3.05, 3.63) is 88.4 Å². The van der Waals surface area contributed by atoms with Crippen molar-refractivity contribution in [3.8, 4) is 11.5 Å². The summed E-state index contributed by atoms with van der Waals surface area (Å²) >= 11 is 5.83. The van der Waals surface area contributed by atoms with Gasteiger partial charge in [-0.15, -0.1) is 0 Å². The largest absolute Gasteiger partial charge is 0.493 e. The Bertz CT molecular complexity index is 1100. The van der Waals surface area contributed by atoms with E-state index in [2.05, 4.69) is 15.8 Å². The van der Waals surface area contributed by atoms with Gasteiger partial charge in [-0.3, -0.25) is 9.59 Å². The van der Waals surface area contributed by atoms with Gasteiger partial charge >= 0.3 is 0 Å². The Balaban J connectivity index is 1.58. The van der Waals surface area contributed by atoms with Crippen LogP contribution < -0.4 is 20.2 Å². The third-order valence-corrected chi connectivity index (χ3v) is 4.55. The van der Waals surface area contributed by atoms with E-state index in [0.717, 1.165) is 5.56 Å². The molecule has 0 unspecified atom stereocenters. The van der Waals surface area contributed by atoms with Crippen molar-refractivity contribution < 1.29 is 19.1 Å². The van der Waals surface area contributed by atoms with Gasteiger partial charge in [-0.2, -0.15) is 5.10 Å². The number of halogens is 1. The highest BCUT2D eigenvalue weighted by atomic mass is 35.5. The summed E-state index contributed by atoms with van der Waals surface area (Å²) in [6.07, 6.45) is 1.50. The van der Waals surface area contributed by atoms with Gasteiger partial charge in [0.2, 0.25) is 0 Å². The Labute approximate surface area is 184 Å². The number of hydrogen-bond donors (Lipinski definition) is 2. The fraction of sp³-hybridized carbons (Fsp3) is 0.0870. The molecule has 0 radical (unpaired) electrons. The highest BCUT2D eigenvalue weighted by Gasteiger charge is 2.08. The average molecular weight is 438 g/mol. The second-order valence-corrected chi connectivity index (χ2v) is 6.79. The maximum atomic E-state index is 12.3. The predicted molar refractivity (Wildman–Crippen MR) is 120 cm³/mol. The zero-order chi connectivity index (χ0) is 22.2. The molecule has 0 spiro atoms. The van der Waals surface area contributed by atoms with Gasteiger partial charge in [-0.1, -0.05) is 11.6 Å². The molecule has 0 fully saturated rings. The van der Waals surface area contributed by atoms with Crippen LogP contribution in [-0.2, 0) is 0 Å². The van der Waals surface area contributed by atoms with E-state index in [-0.39, 0.29) is 11.8 Å². The van der Waals surface area contributed by atoms with Crippen LogP contribution in [0.3, 0.4) is 0 Å². The highest BCUT2D eigenvalue weighted by molar-refractivity contribution is 6.30. The molecule has 0 saturated carbocycles. The molecule has 2 N–H and O–H groups in total. The average Bonchev–Trinajstić information content (AvgIpc) is 2.79. The molecule has 0 aliphatic heterocycles. The fourth-order valence-electron chi connectivity index (χ4n) is 2.67. The lowest BCUT2D eigenvalue weighted by molar-refractivity contribution is 0.0954. The molecule has 0 heterocycles. The zero-order valence-corrected chi connectivity index (χ0v) is 17.6. The van der Waals surface area contributed by atoms with Crippen molar-refractivity contribution in [2.75, 3.05) is 19.5 Å². The highest BCUT2D eigenvalue weighted by Crippen LogP contribution is 2.26. The van der Waals surface area contributed by atoms with E-state index >= 15 is 0 Å². The summed E-state index contributed by atoms with van der Waals surface area (Å²) in [6.45, 7) is 0. The van der Waals surface area contributed by atoms with Gasteiger partial charge in [0.25, 0.3) is 11.8 Å². The van der Waals surface area contributed by atoms with Gasteiger partial charge in [0.05, 0.1) is 20.4 Å². The lowest BCUT2D eigenvalue weighted by Gasteiger charge is -2.07. The Kier molecular flexibility index (Phi) is 7.24. The van der Waals surface area contributed by atoms with E-state index < -0.39 is 0 Å². The Morgan fingerprint density at radius 3 is 2.10 bits per heavy atom. The van der Waals surface area contributed by atoms with Crippen LogP contribution in [0, 0.1) is 0 Å². The Morgan fingerprint density at radius 2 is 1.45 bits per heavy atom. The topological polar surface area (TPSA) is 89.0 Å². The zero-order valence-electron chi connectivity index (χ0n) is 16.9. The lowest BCUT2D eigenvalue weighted by Crippen LogP contribution is -2.17. The normalized spacial score (nSPS) is 10.5. The summed E-state index contributed by atoms with van der Waals surface area (Å²) in [7, 11) is 3.10. The molecule has 0 aromatic heterocycles. The standard InChI is InChI=1S/C23H20ClN3O4/c1-30-20-12-3-15(13-21(20)31-2)14-25-27-23(29)17-6-10-19(11-7-17)26-22(28)16-4-8-18(24)9-5-16/h3-14H,1-2H3,(H,26,28)(H,27,29). The molecular formula is C23H20ClN3O4. The molecule has 3 aromatic carbocycles. The molecule has 158 valence electrons. The van der Waals surface area contributed by atoms with E-state index in [1.54, 1.807) is 80.9 Å². The molecule has 3 aromatic rings. The molecule has 3 rings (SSSR count).